The van der Waals surface area contributed by atoms with E-state index in [4.69, 9.17) is 9.72 Å². The predicted molar refractivity (Wildman–Crippen MR) is 154 cm³/mol. The van der Waals surface area contributed by atoms with Crippen LogP contribution in [0, 0.1) is 0 Å². The van der Waals surface area contributed by atoms with Crippen LogP contribution in [0.25, 0.3) is 72.3 Å². The molecule has 38 heavy (non-hydrogen) atoms. The molecule has 0 fully saturated rings. The van der Waals surface area contributed by atoms with Crippen molar-refractivity contribution < 1.29 is 4.74 Å². The van der Waals surface area contributed by atoms with Gasteiger partial charge in [-0.25, -0.2) is 4.98 Å². The summed E-state index contributed by atoms with van der Waals surface area (Å²) >= 11 is 0. The average molecular weight is 485 g/mol. The molecule has 7 aromatic rings. The molecule has 9 rings (SSSR count). The lowest BCUT2D eigenvalue weighted by atomic mass is 9.94. The minimum Gasteiger partial charge on any atom is -0.453 e. The smallest absolute Gasteiger partial charge is 0.153 e. The van der Waals surface area contributed by atoms with Crippen LogP contribution in [0.3, 0.4) is 0 Å². The Hall–Kier alpha value is -5.15. The Morgan fingerprint density at radius 2 is 1.26 bits per heavy atom. The van der Waals surface area contributed by atoms with E-state index in [0.29, 0.717) is 0 Å². The molecule has 0 N–H and O–H groups in total. The van der Waals surface area contributed by atoms with E-state index >= 15 is 0 Å². The molecule has 1 aliphatic heterocycles. The molecule has 0 saturated carbocycles. The summed E-state index contributed by atoms with van der Waals surface area (Å²) < 4.78 is 8.77. The number of hydrogen-bond acceptors (Lipinski definition) is 2. The minimum atomic E-state index is 0.831. The molecular weight excluding hydrogens is 464 g/mol. The standard InChI is InChI=1S/C35H20N2O/c1-2-8-21(9-3-1)35-36-29-14-7-15-31-34(29)37(35)30-19-16-22(20-32(30)38-31)23-17-18-28-25-11-5-4-10-24(25)27-13-6-12-26(23)33(27)28/h1-20H. The lowest BCUT2D eigenvalue weighted by Crippen LogP contribution is -2.06. The molecule has 0 saturated heterocycles. The molecule has 2 aliphatic rings. The second-order valence-electron chi connectivity index (χ2n) is 9.98. The largest absolute Gasteiger partial charge is 0.453 e. The van der Waals surface area contributed by atoms with E-state index in [1.54, 1.807) is 0 Å². The van der Waals surface area contributed by atoms with Gasteiger partial charge in [0, 0.05) is 5.56 Å². The van der Waals surface area contributed by atoms with E-state index < -0.39 is 0 Å². The Morgan fingerprint density at radius 1 is 0.526 bits per heavy atom. The van der Waals surface area contributed by atoms with Gasteiger partial charge in [0.25, 0.3) is 0 Å². The molecule has 3 heteroatoms. The summed E-state index contributed by atoms with van der Waals surface area (Å²) in [6.07, 6.45) is 0. The number of nitrogens with zero attached hydrogens (tertiary/aromatic N) is 2. The van der Waals surface area contributed by atoms with Crippen LogP contribution in [0.2, 0.25) is 0 Å². The normalized spacial score (nSPS) is 12.4. The highest BCUT2D eigenvalue weighted by Gasteiger charge is 2.26. The van der Waals surface area contributed by atoms with Gasteiger partial charge in [-0.2, -0.15) is 0 Å². The Labute approximate surface area is 219 Å². The van der Waals surface area contributed by atoms with E-state index in [1.165, 1.54) is 38.6 Å². The van der Waals surface area contributed by atoms with E-state index in [1.807, 2.05) is 18.2 Å². The van der Waals surface area contributed by atoms with E-state index in [2.05, 4.69) is 108 Å². The van der Waals surface area contributed by atoms with Crippen molar-refractivity contribution >= 4 is 21.8 Å². The molecule has 0 spiro atoms. The minimum absolute atomic E-state index is 0.831. The fraction of sp³-hybridized carbons (Fsp3) is 0. The second-order valence-corrected chi connectivity index (χ2v) is 9.98. The van der Waals surface area contributed by atoms with Crippen molar-refractivity contribution in [3.63, 3.8) is 0 Å². The van der Waals surface area contributed by atoms with Crippen molar-refractivity contribution in [3.8, 4) is 62.0 Å². The number of fused-ring (bicyclic) bond motifs is 5. The number of para-hydroxylation sites is 1. The van der Waals surface area contributed by atoms with Gasteiger partial charge in [0.05, 0.1) is 11.2 Å². The Bertz CT molecular complexity index is 2070. The van der Waals surface area contributed by atoms with E-state index in [9.17, 15) is 0 Å². The second kappa shape index (κ2) is 7.21. The summed E-state index contributed by atoms with van der Waals surface area (Å²) in [5.41, 5.74) is 11.6. The Balaban J connectivity index is 1.27. The van der Waals surface area contributed by atoms with Crippen LogP contribution in [0.1, 0.15) is 0 Å². The Morgan fingerprint density at radius 3 is 2.13 bits per heavy atom. The molecule has 3 nitrogen and oxygen atoms in total. The fourth-order valence-corrected chi connectivity index (χ4v) is 6.32. The van der Waals surface area contributed by atoms with E-state index in [-0.39, 0.29) is 0 Å². The summed E-state index contributed by atoms with van der Waals surface area (Å²) in [6.45, 7) is 0. The zero-order valence-electron chi connectivity index (χ0n) is 20.3. The first kappa shape index (κ1) is 20.0. The summed E-state index contributed by atoms with van der Waals surface area (Å²) in [4.78, 5) is 5.00. The van der Waals surface area contributed by atoms with Crippen LogP contribution in [0.4, 0.5) is 0 Å². The highest BCUT2D eigenvalue weighted by Crippen LogP contribution is 2.50. The maximum Gasteiger partial charge on any atom is 0.153 e. The molecule has 0 unspecified atom stereocenters. The van der Waals surface area contributed by atoms with Crippen molar-refractivity contribution in [2.24, 2.45) is 0 Å². The number of imidazole rings is 1. The monoisotopic (exact) mass is 484 g/mol. The van der Waals surface area contributed by atoms with Gasteiger partial charge < -0.3 is 4.74 Å². The van der Waals surface area contributed by atoms with Gasteiger partial charge >= 0.3 is 0 Å². The number of aromatic nitrogens is 2. The Kier molecular flexibility index (Phi) is 3.79. The van der Waals surface area contributed by atoms with Crippen LogP contribution >= 0.6 is 0 Å². The average Bonchev–Trinajstić information content (AvgIpc) is 3.53. The lowest BCUT2D eigenvalue weighted by molar-refractivity contribution is 0.476. The molecule has 0 radical (unpaired) electrons. The molecule has 0 bridgehead atoms. The van der Waals surface area contributed by atoms with Gasteiger partial charge in [-0.1, -0.05) is 97.1 Å². The zero-order valence-corrected chi connectivity index (χ0v) is 20.3. The predicted octanol–water partition coefficient (Wildman–Crippen LogP) is 9.27. The van der Waals surface area contributed by atoms with Gasteiger partial charge in [0.2, 0.25) is 0 Å². The lowest BCUT2D eigenvalue weighted by Gasteiger charge is -2.22. The quantitative estimate of drug-likeness (QED) is 0.244. The van der Waals surface area contributed by atoms with Crippen molar-refractivity contribution in [2.45, 2.75) is 0 Å². The highest BCUT2D eigenvalue weighted by molar-refractivity contribution is 6.18. The van der Waals surface area contributed by atoms with Gasteiger partial charge in [-0.05, 0) is 68.4 Å². The maximum absolute atomic E-state index is 6.52. The molecule has 2 heterocycles. The number of benzene rings is 6. The number of rotatable bonds is 2. The topological polar surface area (TPSA) is 27.1 Å². The SMILES string of the molecule is c1ccc(-c2nc3cccc4c3n2-c2ccc(-c3ccc5c6c(cccc36)-c3ccccc3-5)cc2O4)cc1. The number of hydrogen-bond donors (Lipinski definition) is 0. The zero-order chi connectivity index (χ0) is 24.8. The third-order valence-corrected chi connectivity index (χ3v) is 7.95. The summed E-state index contributed by atoms with van der Waals surface area (Å²) in [5, 5.41) is 2.60. The first-order valence-corrected chi connectivity index (χ1v) is 12.9. The van der Waals surface area contributed by atoms with Crippen LogP contribution in [-0.2, 0) is 0 Å². The molecular formula is C35H20N2O. The third kappa shape index (κ3) is 2.55. The van der Waals surface area contributed by atoms with Gasteiger partial charge in [-0.3, -0.25) is 4.57 Å². The van der Waals surface area contributed by atoms with Crippen molar-refractivity contribution in [2.75, 3.05) is 0 Å². The molecule has 176 valence electrons. The van der Waals surface area contributed by atoms with Gasteiger partial charge in [0.15, 0.2) is 11.5 Å². The van der Waals surface area contributed by atoms with Crippen molar-refractivity contribution in [3.05, 3.63) is 121 Å². The number of ether oxygens (including phenoxy) is 1. The van der Waals surface area contributed by atoms with Crippen molar-refractivity contribution in [1.29, 1.82) is 0 Å². The summed E-state index contributed by atoms with van der Waals surface area (Å²) in [6, 6.07) is 42.9. The molecule has 0 amide bonds. The third-order valence-electron chi connectivity index (χ3n) is 7.95. The molecule has 6 aromatic carbocycles. The maximum atomic E-state index is 6.52. The summed E-state index contributed by atoms with van der Waals surface area (Å²) in [7, 11) is 0. The van der Waals surface area contributed by atoms with Gasteiger partial charge in [0.1, 0.15) is 11.3 Å². The first-order chi connectivity index (χ1) is 18.8. The highest BCUT2D eigenvalue weighted by atomic mass is 16.5. The van der Waals surface area contributed by atoms with Crippen molar-refractivity contribution in [1.82, 2.24) is 9.55 Å². The van der Waals surface area contributed by atoms with Crippen LogP contribution in [0.5, 0.6) is 11.5 Å². The molecule has 0 atom stereocenters. The van der Waals surface area contributed by atoms with Gasteiger partial charge in [-0.15, -0.1) is 0 Å². The van der Waals surface area contributed by atoms with E-state index in [0.717, 1.165) is 45.2 Å². The van der Waals surface area contributed by atoms with Crippen LogP contribution in [-0.4, -0.2) is 9.55 Å². The fourth-order valence-electron chi connectivity index (χ4n) is 6.32. The van der Waals surface area contributed by atoms with Crippen LogP contribution < -0.4 is 4.74 Å². The molecule has 1 aliphatic carbocycles. The summed E-state index contributed by atoms with van der Waals surface area (Å²) in [5.74, 6) is 2.59. The molecule has 1 aromatic heterocycles. The van der Waals surface area contributed by atoms with Crippen LogP contribution in [0.15, 0.2) is 121 Å². The first-order valence-electron chi connectivity index (χ1n) is 12.9.